The second kappa shape index (κ2) is 7.44. The van der Waals surface area contributed by atoms with Gasteiger partial charge in [-0.2, -0.15) is 0 Å². The van der Waals surface area contributed by atoms with Crippen LogP contribution in [0.3, 0.4) is 0 Å². The van der Waals surface area contributed by atoms with Crippen LogP contribution in [0.15, 0.2) is 24.9 Å². The number of carbonyl (C=O) groups is 1. The molecule has 1 rings (SSSR count). The Morgan fingerprint density at radius 2 is 2.35 bits per heavy atom. The predicted molar refractivity (Wildman–Crippen MR) is 74.6 cm³/mol. The van der Waals surface area contributed by atoms with E-state index in [0.717, 1.165) is 6.42 Å². The molecule has 20 heavy (non-hydrogen) atoms. The van der Waals surface area contributed by atoms with E-state index in [1.807, 2.05) is 6.92 Å². The molecule has 0 aliphatic heterocycles. The van der Waals surface area contributed by atoms with E-state index in [2.05, 4.69) is 6.58 Å². The summed E-state index contributed by atoms with van der Waals surface area (Å²) in [5.41, 5.74) is 0.151. The molecule has 0 spiro atoms. The molecule has 0 saturated heterocycles. The van der Waals surface area contributed by atoms with Crippen molar-refractivity contribution in [2.45, 2.75) is 19.9 Å². The maximum atomic E-state index is 12.4. The highest BCUT2D eigenvalue weighted by atomic mass is 16.6. The van der Waals surface area contributed by atoms with Gasteiger partial charge in [0.25, 0.3) is 11.6 Å². The molecule has 0 aromatic carbocycles. The average molecular weight is 281 g/mol. The van der Waals surface area contributed by atoms with Gasteiger partial charge >= 0.3 is 0 Å². The van der Waals surface area contributed by atoms with Gasteiger partial charge in [-0.3, -0.25) is 14.9 Å². The summed E-state index contributed by atoms with van der Waals surface area (Å²) in [6, 6.07) is 1.27. The van der Waals surface area contributed by atoms with Gasteiger partial charge in [0.05, 0.1) is 17.7 Å². The summed E-state index contributed by atoms with van der Waals surface area (Å²) in [5.74, 6) is -0.347. The van der Waals surface area contributed by atoms with E-state index in [0.29, 0.717) is 6.54 Å². The highest BCUT2D eigenvalue weighted by Gasteiger charge is 2.22. The molecule has 0 aliphatic rings. The van der Waals surface area contributed by atoms with Crippen molar-refractivity contribution in [3.05, 3.63) is 40.7 Å². The van der Waals surface area contributed by atoms with Gasteiger partial charge in [0, 0.05) is 25.7 Å². The number of nitrogens with zero attached hydrogens (tertiary/aromatic N) is 3. The summed E-state index contributed by atoms with van der Waals surface area (Å²) in [6.45, 7) is 6.28. The molecule has 7 heteroatoms. The predicted octanol–water partition coefficient (Wildman–Crippen LogP) is 1.43. The van der Waals surface area contributed by atoms with Crippen LogP contribution in [0.25, 0.3) is 0 Å². The Kier molecular flexibility index (Phi) is 5.92. The second-order valence-electron chi connectivity index (χ2n) is 4.30. The van der Waals surface area contributed by atoms with Crippen molar-refractivity contribution in [3.63, 3.8) is 0 Å². The van der Waals surface area contributed by atoms with E-state index < -0.39 is 4.92 Å². The molecule has 1 aromatic rings. The van der Waals surface area contributed by atoms with E-state index in [9.17, 15) is 14.9 Å². The molecule has 0 fully saturated rings. The first kappa shape index (κ1) is 15.9. The molecule has 0 atom stereocenters. The number of rotatable bonds is 8. The minimum Gasteiger partial charge on any atom is -0.395 e. The van der Waals surface area contributed by atoms with Crippen LogP contribution < -0.4 is 0 Å². The number of hydrogen-bond acceptors (Lipinski definition) is 4. The lowest BCUT2D eigenvalue weighted by Crippen LogP contribution is -2.35. The van der Waals surface area contributed by atoms with Crippen LogP contribution in [0.5, 0.6) is 0 Å². The van der Waals surface area contributed by atoms with Crippen molar-refractivity contribution in [1.29, 1.82) is 0 Å². The van der Waals surface area contributed by atoms with Gasteiger partial charge in [-0.1, -0.05) is 13.0 Å². The number of aromatic nitrogens is 1. The maximum absolute atomic E-state index is 12.4. The van der Waals surface area contributed by atoms with Crippen molar-refractivity contribution in [3.8, 4) is 0 Å². The van der Waals surface area contributed by atoms with Crippen LogP contribution in [0, 0.1) is 10.1 Å². The molecule has 7 nitrogen and oxygen atoms in total. The Morgan fingerprint density at radius 1 is 1.65 bits per heavy atom. The number of aliphatic hydroxyl groups is 1. The van der Waals surface area contributed by atoms with E-state index in [1.54, 1.807) is 10.6 Å². The number of nitro groups is 1. The molecule has 1 amide bonds. The first-order valence-corrected chi connectivity index (χ1v) is 6.40. The summed E-state index contributed by atoms with van der Waals surface area (Å²) in [7, 11) is 0. The average Bonchev–Trinajstić information content (AvgIpc) is 2.82. The summed E-state index contributed by atoms with van der Waals surface area (Å²) in [5, 5.41) is 19.8. The van der Waals surface area contributed by atoms with E-state index in [1.165, 1.54) is 17.2 Å². The minimum absolute atomic E-state index is 0.107. The molecule has 1 aromatic heterocycles. The van der Waals surface area contributed by atoms with Crippen LogP contribution >= 0.6 is 0 Å². The molecule has 0 bridgehead atoms. The van der Waals surface area contributed by atoms with Crippen LogP contribution in [0.1, 0.15) is 23.8 Å². The van der Waals surface area contributed by atoms with Gasteiger partial charge in [-0.05, 0) is 6.42 Å². The van der Waals surface area contributed by atoms with E-state index in [-0.39, 0.29) is 37.0 Å². The Bertz CT molecular complexity index is 496. The fraction of sp³-hybridized carbons (Fsp3) is 0.462. The van der Waals surface area contributed by atoms with Gasteiger partial charge in [-0.15, -0.1) is 6.58 Å². The smallest absolute Gasteiger partial charge is 0.287 e. The van der Waals surface area contributed by atoms with Gasteiger partial charge in [0.15, 0.2) is 0 Å². The first-order chi connectivity index (χ1) is 9.54. The second-order valence-corrected chi connectivity index (χ2v) is 4.30. The van der Waals surface area contributed by atoms with Crippen LogP contribution in [-0.4, -0.2) is 45.1 Å². The summed E-state index contributed by atoms with van der Waals surface area (Å²) < 4.78 is 1.58. The lowest BCUT2D eigenvalue weighted by atomic mass is 10.3. The highest BCUT2D eigenvalue weighted by molar-refractivity contribution is 5.93. The van der Waals surface area contributed by atoms with Crippen molar-refractivity contribution in [1.82, 2.24) is 9.47 Å². The topological polar surface area (TPSA) is 88.6 Å². The third-order valence-electron chi connectivity index (χ3n) is 2.78. The normalized spacial score (nSPS) is 10.3. The minimum atomic E-state index is -0.521. The first-order valence-electron chi connectivity index (χ1n) is 6.40. The zero-order chi connectivity index (χ0) is 15.1. The molecular formula is C13H19N3O4. The molecular weight excluding hydrogens is 262 g/mol. The van der Waals surface area contributed by atoms with Gasteiger partial charge in [0.1, 0.15) is 5.69 Å². The fourth-order valence-corrected chi connectivity index (χ4v) is 1.91. The van der Waals surface area contributed by atoms with Crippen molar-refractivity contribution < 1.29 is 14.8 Å². The molecule has 0 unspecified atom stereocenters. The van der Waals surface area contributed by atoms with Crippen LogP contribution in [0.4, 0.5) is 5.69 Å². The number of hydrogen-bond donors (Lipinski definition) is 1. The number of carbonyl (C=O) groups excluding carboxylic acids is 1. The summed E-state index contributed by atoms with van der Waals surface area (Å²) >= 11 is 0. The highest BCUT2D eigenvalue weighted by Crippen LogP contribution is 2.18. The standard InChI is InChI=1S/C13H19N3O4/c1-3-5-14(7-8-17)13(18)12-9-11(16(19)20)10-15(12)6-4-2/h3,9-10,17H,1,4-8H2,2H3. The van der Waals surface area contributed by atoms with E-state index >= 15 is 0 Å². The zero-order valence-corrected chi connectivity index (χ0v) is 11.5. The van der Waals surface area contributed by atoms with Gasteiger partial charge in [-0.25, -0.2) is 0 Å². The van der Waals surface area contributed by atoms with Crippen molar-refractivity contribution in [2.24, 2.45) is 0 Å². The molecule has 0 radical (unpaired) electrons. The number of aryl methyl sites for hydroxylation is 1. The largest absolute Gasteiger partial charge is 0.395 e. The van der Waals surface area contributed by atoms with Gasteiger partial charge < -0.3 is 14.6 Å². The zero-order valence-electron chi connectivity index (χ0n) is 11.5. The lowest BCUT2D eigenvalue weighted by Gasteiger charge is -2.20. The van der Waals surface area contributed by atoms with Crippen LogP contribution in [-0.2, 0) is 6.54 Å². The van der Waals surface area contributed by atoms with E-state index in [4.69, 9.17) is 5.11 Å². The Hall–Kier alpha value is -2.15. The summed E-state index contributed by atoms with van der Waals surface area (Å²) in [4.78, 5) is 24.1. The third kappa shape index (κ3) is 3.67. The maximum Gasteiger partial charge on any atom is 0.287 e. The Balaban J connectivity index is 3.10. The SMILES string of the molecule is C=CCN(CCO)C(=O)c1cc([N+](=O)[O-])cn1CCC. The van der Waals surface area contributed by atoms with Gasteiger partial charge in [0.2, 0.25) is 0 Å². The number of aliphatic hydroxyl groups excluding tert-OH is 1. The van der Waals surface area contributed by atoms with Crippen molar-refractivity contribution >= 4 is 11.6 Å². The number of amides is 1. The molecule has 1 heterocycles. The Labute approximate surface area is 117 Å². The quantitative estimate of drug-likeness (QED) is 0.443. The van der Waals surface area contributed by atoms with Crippen LogP contribution in [0.2, 0.25) is 0 Å². The lowest BCUT2D eigenvalue weighted by molar-refractivity contribution is -0.384. The Morgan fingerprint density at radius 3 is 2.85 bits per heavy atom. The molecule has 0 aliphatic carbocycles. The van der Waals surface area contributed by atoms with Crippen molar-refractivity contribution in [2.75, 3.05) is 19.7 Å². The fourth-order valence-electron chi connectivity index (χ4n) is 1.91. The summed E-state index contributed by atoms with van der Waals surface area (Å²) in [6.07, 6.45) is 3.67. The third-order valence-corrected chi connectivity index (χ3v) is 2.78. The monoisotopic (exact) mass is 281 g/mol. The molecule has 0 saturated carbocycles. The molecule has 1 N–H and O–H groups in total. The molecule has 110 valence electrons.